The van der Waals surface area contributed by atoms with Gasteiger partial charge in [-0.3, -0.25) is 0 Å². The molecule has 0 saturated heterocycles. The lowest BCUT2D eigenvalue weighted by atomic mass is 10.1. The van der Waals surface area contributed by atoms with Gasteiger partial charge in [0.1, 0.15) is 5.82 Å². The number of hydrogen-bond acceptors (Lipinski definition) is 2. The van der Waals surface area contributed by atoms with Crippen LogP contribution >= 0.6 is 0 Å². The minimum atomic E-state index is -0.239. The van der Waals surface area contributed by atoms with Gasteiger partial charge in [-0.05, 0) is 42.5 Å². The topological polar surface area (TPSA) is 35.2 Å². The first-order valence-electron chi connectivity index (χ1n) is 6.12. The molecule has 1 rings (SSSR count). The number of rotatable bonds is 6. The number of hydrogen-bond donors (Lipinski definition) is 1. The maximum Gasteiger partial charge on any atom is 0.123 e. The van der Waals surface area contributed by atoms with E-state index in [1.807, 2.05) is 6.92 Å². The van der Waals surface area contributed by atoms with Crippen molar-refractivity contribution < 1.29 is 9.13 Å². The summed E-state index contributed by atoms with van der Waals surface area (Å²) in [5.74, 6) is 0.365. The lowest BCUT2D eigenvalue weighted by Crippen LogP contribution is -2.12. The van der Waals surface area contributed by atoms with Crippen molar-refractivity contribution in [3.8, 4) is 0 Å². The van der Waals surface area contributed by atoms with Gasteiger partial charge >= 0.3 is 0 Å². The van der Waals surface area contributed by atoms with E-state index in [0.717, 1.165) is 17.5 Å². The molecule has 0 bridgehead atoms. The van der Waals surface area contributed by atoms with E-state index >= 15 is 0 Å². The fourth-order valence-corrected chi connectivity index (χ4v) is 1.89. The summed E-state index contributed by atoms with van der Waals surface area (Å²) >= 11 is 0. The third kappa shape index (κ3) is 4.84. The van der Waals surface area contributed by atoms with Gasteiger partial charge in [-0.1, -0.05) is 19.9 Å². The van der Waals surface area contributed by atoms with Gasteiger partial charge in [-0.15, -0.1) is 0 Å². The van der Waals surface area contributed by atoms with E-state index in [0.29, 0.717) is 19.1 Å². The fourth-order valence-electron chi connectivity index (χ4n) is 1.89. The Morgan fingerprint density at radius 2 is 1.94 bits per heavy atom. The first-order valence-corrected chi connectivity index (χ1v) is 6.12. The summed E-state index contributed by atoms with van der Waals surface area (Å²) in [6.07, 6.45) is 1.19. The molecule has 0 aliphatic rings. The normalized spacial score (nSPS) is 13.1. The molecule has 0 amide bonds. The maximum absolute atomic E-state index is 13.1. The van der Waals surface area contributed by atoms with Crippen LogP contribution in [0.25, 0.3) is 0 Å². The summed E-state index contributed by atoms with van der Waals surface area (Å²) in [4.78, 5) is 0. The van der Waals surface area contributed by atoms with E-state index in [4.69, 9.17) is 10.5 Å². The summed E-state index contributed by atoms with van der Waals surface area (Å²) in [5, 5.41) is 0. The number of halogens is 1. The molecule has 0 fully saturated rings. The third-order valence-electron chi connectivity index (χ3n) is 2.71. The van der Waals surface area contributed by atoms with Gasteiger partial charge < -0.3 is 10.5 Å². The lowest BCUT2D eigenvalue weighted by Gasteiger charge is -2.16. The second-order valence-corrected chi connectivity index (χ2v) is 4.87. The molecule has 0 heterocycles. The molecule has 1 aromatic rings. The predicted octanol–water partition coefficient (Wildman–Crippen LogP) is 3.24. The molecule has 1 unspecified atom stereocenters. The summed E-state index contributed by atoms with van der Waals surface area (Å²) in [6.45, 7) is 7.21. The van der Waals surface area contributed by atoms with Crippen molar-refractivity contribution >= 4 is 0 Å². The van der Waals surface area contributed by atoms with E-state index in [1.54, 1.807) is 6.07 Å². The van der Waals surface area contributed by atoms with E-state index in [-0.39, 0.29) is 11.9 Å². The van der Waals surface area contributed by atoms with Gasteiger partial charge in [0.15, 0.2) is 0 Å². The Balaban J connectivity index is 2.58. The molecule has 0 aliphatic carbocycles. The highest BCUT2D eigenvalue weighted by Gasteiger charge is 2.08. The highest BCUT2D eigenvalue weighted by atomic mass is 19.1. The van der Waals surface area contributed by atoms with Crippen molar-refractivity contribution in [2.24, 2.45) is 11.7 Å². The Bertz CT molecular complexity index is 352. The van der Waals surface area contributed by atoms with Gasteiger partial charge in [0.05, 0.1) is 12.7 Å². The average Bonchev–Trinajstić information content (AvgIpc) is 2.25. The molecular formula is C14H22FNO. The van der Waals surface area contributed by atoms with Crippen molar-refractivity contribution in [1.29, 1.82) is 0 Å². The van der Waals surface area contributed by atoms with E-state index < -0.39 is 0 Å². The zero-order valence-electron chi connectivity index (χ0n) is 10.9. The third-order valence-corrected chi connectivity index (χ3v) is 2.71. The largest absolute Gasteiger partial charge is 0.374 e. The van der Waals surface area contributed by atoms with Crippen LogP contribution < -0.4 is 5.73 Å². The Labute approximate surface area is 103 Å². The molecule has 2 nitrogen and oxygen atoms in total. The van der Waals surface area contributed by atoms with Gasteiger partial charge in [-0.25, -0.2) is 4.39 Å². The van der Waals surface area contributed by atoms with E-state index in [9.17, 15) is 4.39 Å². The van der Waals surface area contributed by atoms with Crippen LogP contribution in [0.2, 0.25) is 0 Å². The number of nitrogens with two attached hydrogens (primary N) is 1. The second kappa shape index (κ2) is 6.72. The molecule has 96 valence electrons. The van der Waals surface area contributed by atoms with Gasteiger partial charge in [-0.2, -0.15) is 0 Å². The minimum absolute atomic E-state index is 0.184. The monoisotopic (exact) mass is 239 g/mol. The summed E-state index contributed by atoms with van der Waals surface area (Å²) in [5.41, 5.74) is 7.41. The first-order chi connectivity index (χ1) is 8.02. The summed E-state index contributed by atoms with van der Waals surface area (Å²) in [6, 6.07) is 4.66. The first kappa shape index (κ1) is 14.1. The van der Waals surface area contributed by atoms with Crippen molar-refractivity contribution in [1.82, 2.24) is 0 Å². The maximum atomic E-state index is 13.1. The molecule has 3 heteroatoms. The zero-order chi connectivity index (χ0) is 12.8. The Morgan fingerprint density at radius 3 is 2.53 bits per heavy atom. The van der Waals surface area contributed by atoms with Crippen molar-refractivity contribution in [3.63, 3.8) is 0 Å². The van der Waals surface area contributed by atoms with Gasteiger partial charge in [0.25, 0.3) is 0 Å². The number of benzene rings is 1. The van der Waals surface area contributed by atoms with Crippen LogP contribution in [0.1, 0.15) is 38.3 Å². The highest BCUT2D eigenvalue weighted by molar-refractivity contribution is 5.27. The van der Waals surface area contributed by atoms with Crippen LogP contribution in [0.5, 0.6) is 0 Å². The highest BCUT2D eigenvalue weighted by Crippen LogP contribution is 2.15. The molecular weight excluding hydrogens is 217 g/mol. The molecule has 17 heavy (non-hydrogen) atoms. The number of ether oxygens (including phenoxy) is 1. The van der Waals surface area contributed by atoms with Crippen molar-refractivity contribution in [2.75, 3.05) is 0 Å². The van der Waals surface area contributed by atoms with Crippen LogP contribution in [-0.4, -0.2) is 6.10 Å². The molecule has 0 saturated carbocycles. The predicted molar refractivity (Wildman–Crippen MR) is 68.0 cm³/mol. The summed E-state index contributed by atoms with van der Waals surface area (Å²) < 4.78 is 18.8. The molecule has 0 aliphatic heterocycles. The van der Waals surface area contributed by atoms with Crippen LogP contribution in [0.15, 0.2) is 18.2 Å². The Morgan fingerprint density at radius 1 is 1.24 bits per heavy atom. The molecule has 0 aromatic heterocycles. The van der Waals surface area contributed by atoms with Crippen molar-refractivity contribution in [3.05, 3.63) is 35.1 Å². The van der Waals surface area contributed by atoms with E-state index in [1.165, 1.54) is 12.1 Å². The fraction of sp³-hybridized carbons (Fsp3) is 0.571. The van der Waals surface area contributed by atoms with E-state index in [2.05, 4.69) is 13.8 Å². The van der Waals surface area contributed by atoms with Crippen molar-refractivity contribution in [2.45, 2.75) is 46.4 Å². The average molecular weight is 239 g/mol. The summed E-state index contributed by atoms with van der Waals surface area (Å²) in [7, 11) is 0. The quantitative estimate of drug-likeness (QED) is 0.827. The molecule has 2 N–H and O–H groups in total. The molecule has 1 atom stereocenters. The standard InChI is InChI=1S/C14H22FNO/c1-10(2)6-11(3)17-9-13-7-14(15)5-4-12(13)8-16/h4-5,7,10-11H,6,8-9,16H2,1-3H3. The molecule has 1 aromatic carbocycles. The Hall–Kier alpha value is -0.930. The van der Waals surface area contributed by atoms with Gasteiger partial charge in [0.2, 0.25) is 0 Å². The second-order valence-electron chi connectivity index (χ2n) is 4.87. The van der Waals surface area contributed by atoms with Gasteiger partial charge in [0, 0.05) is 6.54 Å². The van der Waals surface area contributed by atoms with Crippen LogP contribution in [0, 0.1) is 11.7 Å². The lowest BCUT2D eigenvalue weighted by molar-refractivity contribution is 0.0392. The Kier molecular flexibility index (Phi) is 5.59. The van der Waals surface area contributed by atoms with Crippen LogP contribution in [0.3, 0.4) is 0 Å². The van der Waals surface area contributed by atoms with Crippen LogP contribution in [-0.2, 0) is 17.9 Å². The minimum Gasteiger partial charge on any atom is -0.374 e. The molecule has 0 radical (unpaired) electrons. The zero-order valence-corrected chi connectivity index (χ0v) is 10.9. The smallest absolute Gasteiger partial charge is 0.123 e. The molecule has 0 spiro atoms. The van der Waals surface area contributed by atoms with Crippen LogP contribution in [0.4, 0.5) is 4.39 Å². The SMILES string of the molecule is CC(C)CC(C)OCc1cc(F)ccc1CN.